The first-order valence-corrected chi connectivity index (χ1v) is 7.37. The maximum absolute atomic E-state index is 13.9. The Morgan fingerprint density at radius 3 is 2.50 bits per heavy atom. The van der Waals surface area contributed by atoms with Gasteiger partial charge in [0, 0.05) is 18.7 Å². The third-order valence-corrected chi connectivity index (χ3v) is 3.51. The normalized spacial score (nSPS) is 15.5. The summed E-state index contributed by atoms with van der Waals surface area (Å²) in [5.41, 5.74) is 0.283. The van der Waals surface area contributed by atoms with Crippen LogP contribution in [0.2, 0.25) is 5.02 Å². The van der Waals surface area contributed by atoms with Gasteiger partial charge in [0.05, 0.1) is 5.02 Å². The minimum Gasteiger partial charge on any atom is -0.444 e. The molecular weight excluding hydrogens is 312 g/mol. The molecule has 1 aliphatic heterocycles. The maximum Gasteiger partial charge on any atom is 0.410 e. The Morgan fingerprint density at radius 1 is 1.27 bits per heavy atom. The summed E-state index contributed by atoms with van der Waals surface area (Å²) in [4.78, 5) is 13.5. The van der Waals surface area contributed by atoms with Gasteiger partial charge in [-0.25, -0.2) is 13.6 Å². The maximum atomic E-state index is 13.9. The molecular formula is C16H18ClF2NO2. The van der Waals surface area contributed by atoms with Gasteiger partial charge in [0.25, 0.3) is 0 Å². The van der Waals surface area contributed by atoms with Gasteiger partial charge >= 0.3 is 6.09 Å². The van der Waals surface area contributed by atoms with Crippen LogP contribution in [0, 0.1) is 11.6 Å². The highest BCUT2D eigenvalue weighted by molar-refractivity contribution is 6.30. The zero-order valence-corrected chi connectivity index (χ0v) is 13.5. The van der Waals surface area contributed by atoms with Gasteiger partial charge in [0.15, 0.2) is 0 Å². The van der Waals surface area contributed by atoms with E-state index in [2.05, 4.69) is 0 Å². The number of hydrogen-bond donors (Lipinski definition) is 0. The minimum atomic E-state index is -0.659. The molecule has 120 valence electrons. The number of benzene rings is 1. The van der Waals surface area contributed by atoms with Crippen LogP contribution in [-0.4, -0.2) is 29.7 Å². The molecule has 2 rings (SSSR count). The summed E-state index contributed by atoms with van der Waals surface area (Å²) in [5.74, 6) is -1.23. The highest BCUT2D eigenvalue weighted by Crippen LogP contribution is 2.29. The van der Waals surface area contributed by atoms with Crippen molar-refractivity contribution < 1.29 is 18.3 Å². The van der Waals surface area contributed by atoms with Crippen LogP contribution in [-0.2, 0) is 4.74 Å². The summed E-state index contributed by atoms with van der Waals surface area (Å²) in [7, 11) is 0. The molecule has 1 aromatic rings. The Bertz CT molecular complexity index is 623. The largest absolute Gasteiger partial charge is 0.444 e. The second-order valence-corrected chi connectivity index (χ2v) is 6.56. The standard InChI is InChI=1S/C16H18ClF2NO2/c1-16(2,3)22-15(21)20-6-4-10(5-7-20)11-8-14(19)12(17)9-13(11)18/h4,8-9H,5-7H2,1-3H3. The van der Waals surface area contributed by atoms with Gasteiger partial charge in [-0.2, -0.15) is 0 Å². The second-order valence-electron chi connectivity index (χ2n) is 6.15. The molecule has 0 radical (unpaired) electrons. The van der Waals surface area contributed by atoms with Crippen LogP contribution in [0.1, 0.15) is 32.8 Å². The van der Waals surface area contributed by atoms with E-state index in [1.165, 1.54) is 4.90 Å². The Morgan fingerprint density at radius 2 is 1.95 bits per heavy atom. The molecule has 22 heavy (non-hydrogen) atoms. The molecule has 0 aromatic heterocycles. The lowest BCUT2D eigenvalue weighted by atomic mass is 9.99. The van der Waals surface area contributed by atoms with Crippen LogP contribution in [0.4, 0.5) is 13.6 Å². The van der Waals surface area contributed by atoms with Crippen molar-refractivity contribution in [2.45, 2.75) is 32.8 Å². The molecule has 0 bridgehead atoms. The number of amides is 1. The number of ether oxygens (including phenoxy) is 1. The molecule has 0 unspecified atom stereocenters. The lowest BCUT2D eigenvalue weighted by Crippen LogP contribution is -2.39. The topological polar surface area (TPSA) is 29.5 Å². The van der Waals surface area contributed by atoms with Crippen LogP contribution >= 0.6 is 11.6 Å². The molecule has 0 saturated carbocycles. The van der Waals surface area contributed by atoms with Crippen molar-refractivity contribution in [2.75, 3.05) is 13.1 Å². The van der Waals surface area contributed by atoms with Crippen molar-refractivity contribution in [1.82, 2.24) is 4.90 Å². The quantitative estimate of drug-likeness (QED) is 0.702. The van der Waals surface area contributed by atoms with Crippen LogP contribution in [0.15, 0.2) is 18.2 Å². The van der Waals surface area contributed by atoms with Gasteiger partial charge in [0.2, 0.25) is 0 Å². The van der Waals surface area contributed by atoms with E-state index < -0.39 is 23.3 Å². The van der Waals surface area contributed by atoms with Crippen molar-refractivity contribution in [1.29, 1.82) is 0 Å². The van der Waals surface area contributed by atoms with Crippen LogP contribution in [0.25, 0.3) is 5.57 Å². The van der Waals surface area contributed by atoms with Gasteiger partial charge in [-0.15, -0.1) is 0 Å². The van der Waals surface area contributed by atoms with Gasteiger partial charge < -0.3 is 9.64 Å². The van der Waals surface area contributed by atoms with Crippen molar-refractivity contribution in [3.63, 3.8) is 0 Å². The molecule has 0 saturated heterocycles. The Hall–Kier alpha value is -1.62. The van der Waals surface area contributed by atoms with Crippen LogP contribution in [0.5, 0.6) is 0 Å². The first-order chi connectivity index (χ1) is 10.2. The summed E-state index contributed by atoms with van der Waals surface area (Å²) < 4.78 is 32.7. The van der Waals surface area contributed by atoms with E-state index in [9.17, 15) is 13.6 Å². The molecule has 0 spiro atoms. The predicted molar refractivity (Wildman–Crippen MR) is 81.8 cm³/mol. The van der Waals surface area contributed by atoms with Gasteiger partial charge in [-0.3, -0.25) is 0 Å². The Labute approximate surface area is 133 Å². The van der Waals surface area contributed by atoms with Gasteiger partial charge in [-0.1, -0.05) is 17.7 Å². The van der Waals surface area contributed by atoms with E-state index in [0.29, 0.717) is 25.1 Å². The second kappa shape index (κ2) is 6.24. The zero-order chi connectivity index (χ0) is 16.5. The van der Waals surface area contributed by atoms with E-state index in [1.54, 1.807) is 26.8 Å². The fourth-order valence-corrected chi connectivity index (χ4v) is 2.33. The minimum absolute atomic E-state index is 0.186. The highest BCUT2D eigenvalue weighted by Gasteiger charge is 2.24. The Balaban J connectivity index is 2.12. The number of rotatable bonds is 1. The number of halogens is 3. The fourth-order valence-electron chi connectivity index (χ4n) is 2.17. The molecule has 1 amide bonds. The molecule has 6 heteroatoms. The smallest absolute Gasteiger partial charge is 0.410 e. The average molecular weight is 330 g/mol. The van der Waals surface area contributed by atoms with E-state index in [-0.39, 0.29) is 10.6 Å². The molecule has 3 nitrogen and oxygen atoms in total. The van der Waals surface area contributed by atoms with Crippen molar-refractivity contribution in [3.05, 3.63) is 40.4 Å². The highest BCUT2D eigenvalue weighted by atomic mass is 35.5. The molecule has 0 N–H and O–H groups in total. The number of nitrogens with zero attached hydrogens (tertiary/aromatic N) is 1. The lowest BCUT2D eigenvalue weighted by molar-refractivity contribution is 0.0270. The van der Waals surface area contributed by atoms with Crippen molar-refractivity contribution in [3.8, 4) is 0 Å². The number of carbonyl (C=O) groups is 1. The van der Waals surface area contributed by atoms with E-state index in [0.717, 1.165) is 12.1 Å². The molecule has 1 heterocycles. The van der Waals surface area contributed by atoms with E-state index in [4.69, 9.17) is 16.3 Å². The summed E-state index contributed by atoms with van der Waals surface area (Å²) in [6.07, 6.45) is 1.72. The molecule has 1 aliphatic rings. The van der Waals surface area contributed by atoms with Crippen LogP contribution in [0.3, 0.4) is 0 Å². The third-order valence-electron chi connectivity index (χ3n) is 3.22. The SMILES string of the molecule is CC(C)(C)OC(=O)N1CC=C(c2cc(F)c(Cl)cc2F)CC1. The summed E-state index contributed by atoms with van der Waals surface area (Å²) in [6, 6.07) is 2.06. The van der Waals surface area contributed by atoms with E-state index in [1.807, 2.05) is 0 Å². The molecule has 0 fully saturated rings. The van der Waals surface area contributed by atoms with Crippen LogP contribution < -0.4 is 0 Å². The Kier molecular flexibility index (Phi) is 4.75. The van der Waals surface area contributed by atoms with Gasteiger partial charge in [0.1, 0.15) is 17.2 Å². The first-order valence-electron chi connectivity index (χ1n) is 6.99. The lowest BCUT2D eigenvalue weighted by Gasteiger charge is -2.29. The molecule has 0 atom stereocenters. The third kappa shape index (κ3) is 3.97. The van der Waals surface area contributed by atoms with Crippen molar-refractivity contribution in [2.24, 2.45) is 0 Å². The number of hydrogen-bond acceptors (Lipinski definition) is 2. The van der Waals surface area contributed by atoms with E-state index >= 15 is 0 Å². The molecule has 0 aliphatic carbocycles. The monoisotopic (exact) mass is 329 g/mol. The summed E-state index contributed by atoms with van der Waals surface area (Å²) in [6.45, 7) is 6.07. The number of carbonyl (C=O) groups excluding carboxylic acids is 1. The summed E-state index contributed by atoms with van der Waals surface area (Å²) >= 11 is 5.55. The predicted octanol–water partition coefficient (Wildman–Crippen LogP) is 4.64. The van der Waals surface area contributed by atoms with Gasteiger partial charge in [-0.05, 0) is 44.9 Å². The fraction of sp³-hybridized carbons (Fsp3) is 0.438. The zero-order valence-electron chi connectivity index (χ0n) is 12.8. The average Bonchev–Trinajstić information content (AvgIpc) is 2.41. The summed E-state index contributed by atoms with van der Waals surface area (Å²) in [5, 5.41) is -0.243. The first kappa shape index (κ1) is 16.7. The van der Waals surface area contributed by atoms with Crippen molar-refractivity contribution >= 4 is 23.3 Å². The molecule has 1 aromatic carbocycles.